The number of hydrogen-bond acceptors (Lipinski definition) is 7. The van der Waals surface area contributed by atoms with E-state index < -0.39 is 0 Å². The molecule has 0 radical (unpaired) electrons. The van der Waals surface area contributed by atoms with Crippen LogP contribution in [0.1, 0.15) is 41.8 Å². The second-order valence-electron chi connectivity index (χ2n) is 9.58. The van der Waals surface area contributed by atoms with Crippen LogP contribution in [0, 0.1) is 0 Å². The highest BCUT2D eigenvalue weighted by Crippen LogP contribution is 2.40. The highest BCUT2D eigenvalue weighted by atomic mass is 33.1. The number of nitrogens with zero attached hydrogens (tertiary/aromatic N) is 2. The van der Waals surface area contributed by atoms with Crippen LogP contribution in [0.2, 0.25) is 0 Å². The molecule has 2 aromatic rings. The number of rotatable bonds is 9. The SMILES string of the molecule is C[N+]1=C(C=Cc2ccc(N(CCO)CCO)cc2)C(C)(C)c2cc(C(=O)OC3CCSSC3)ccc21. The van der Waals surface area contributed by atoms with Gasteiger partial charge in [0.25, 0.3) is 0 Å². The average molecular weight is 528 g/mol. The van der Waals surface area contributed by atoms with Gasteiger partial charge in [-0.3, -0.25) is 0 Å². The molecule has 0 amide bonds. The van der Waals surface area contributed by atoms with Gasteiger partial charge in [-0.05, 0) is 56.2 Å². The van der Waals surface area contributed by atoms with Gasteiger partial charge in [0, 0.05) is 48.0 Å². The molecule has 0 saturated carbocycles. The minimum Gasteiger partial charge on any atom is -0.458 e. The second kappa shape index (κ2) is 11.9. The van der Waals surface area contributed by atoms with E-state index >= 15 is 0 Å². The number of hydrogen-bond donors (Lipinski definition) is 2. The van der Waals surface area contributed by atoms with Crippen LogP contribution in [0.25, 0.3) is 6.08 Å². The third-order valence-electron chi connectivity index (χ3n) is 6.83. The first-order valence-corrected chi connectivity index (χ1v) is 14.8. The lowest BCUT2D eigenvalue weighted by molar-refractivity contribution is -0.401. The van der Waals surface area contributed by atoms with Crippen LogP contribution in [0.3, 0.4) is 0 Å². The van der Waals surface area contributed by atoms with Gasteiger partial charge >= 0.3 is 5.97 Å². The second-order valence-corrected chi connectivity index (χ2v) is 12.2. The maximum atomic E-state index is 12.9. The largest absolute Gasteiger partial charge is 0.458 e. The third-order valence-corrected chi connectivity index (χ3v) is 9.32. The van der Waals surface area contributed by atoms with Gasteiger partial charge in [0.05, 0.1) is 24.2 Å². The van der Waals surface area contributed by atoms with Crippen LogP contribution in [0.15, 0.2) is 48.5 Å². The summed E-state index contributed by atoms with van der Waals surface area (Å²) in [6.07, 6.45) is 5.14. The van der Waals surface area contributed by atoms with E-state index in [9.17, 15) is 15.0 Å². The van der Waals surface area contributed by atoms with Crippen LogP contribution >= 0.6 is 21.6 Å². The summed E-state index contributed by atoms with van der Waals surface area (Å²) in [7, 11) is 5.67. The van der Waals surface area contributed by atoms with Crippen LogP contribution in [-0.4, -0.2) is 77.4 Å². The first-order valence-electron chi connectivity index (χ1n) is 12.3. The Kier molecular flexibility index (Phi) is 8.83. The Hall–Kier alpha value is -2.26. The van der Waals surface area contributed by atoms with E-state index in [2.05, 4.69) is 37.6 Å². The van der Waals surface area contributed by atoms with E-state index in [1.165, 1.54) is 0 Å². The molecule has 6 nitrogen and oxygen atoms in total. The zero-order valence-electron chi connectivity index (χ0n) is 21.1. The molecule has 0 aromatic heterocycles. The predicted molar refractivity (Wildman–Crippen MR) is 151 cm³/mol. The highest BCUT2D eigenvalue weighted by Gasteiger charge is 2.43. The van der Waals surface area contributed by atoms with Crippen molar-refractivity contribution in [2.45, 2.75) is 31.8 Å². The summed E-state index contributed by atoms with van der Waals surface area (Å²) in [5.41, 5.74) is 5.73. The number of anilines is 1. The van der Waals surface area contributed by atoms with Crippen molar-refractivity contribution in [3.05, 3.63) is 65.2 Å². The van der Waals surface area contributed by atoms with Crippen molar-refractivity contribution in [3.63, 3.8) is 0 Å². The molecule has 2 aliphatic heterocycles. The van der Waals surface area contributed by atoms with Crippen molar-refractivity contribution >= 4 is 50.7 Å². The number of ether oxygens (including phenoxy) is 1. The van der Waals surface area contributed by atoms with Gasteiger partial charge in [0.15, 0.2) is 5.71 Å². The minimum atomic E-state index is -0.271. The van der Waals surface area contributed by atoms with E-state index in [-0.39, 0.29) is 30.7 Å². The number of aliphatic hydroxyl groups is 2. The molecule has 1 fully saturated rings. The summed E-state index contributed by atoms with van der Waals surface area (Å²) >= 11 is 0. The number of aliphatic hydroxyl groups excluding tert-OH is 2. The maximum absolute atomic E-state index is 12.9. The summed E-state index contributed by atoms with van der Waals surface area (Å²) in [6, 6.07) is 14.0. The summed E-state index contributed by atoms with van der Waals surface area (Å²) in [4.78, 5) is 14.8. The topological polar surface area (TPSA) is 73.0 Å². The molecule has 2 aliphatic rings. The van der Waals surface area contributed by atoms with Crippen molar-refractivity contribution in [2.24, 2.45) is 0 Å². The molecule has 2 aromatic carbocycles. The van der Waals surface area contributed by atoms with Crippen LogP contribution in [0.5, 0.6) is 0 Å². The molecule has 1 unspecified atom stereocenters. The molecular weight excluding hydrogens is 492 g/mol. The van der Waals surface area contributed by atoms with Crippen LogP contribution in [-0.2, 0) is 10.2 Å². The zero-order valence-corrected chi connectivity index (χ0v) is 22.8. The number of esters is 1. The first-order chi connectivity index (χ1) is 17.3. The Labute approximate surface area is 221 Å². The fourth-order valence-corrected chi connectivity index (χ4v) is 7.15. The fourth-order valence-electron chi connectivity index (χ4n) is 4.80. The lowest BCUT2D eigenvalue weighted by Crippen LogP contribution is -2.29. The van der Waals surface area contributed by atoms with Crippen LogP contribution < -0.4 is 4.90 Å². The van der Waals surface area contributed by atoms with E-state index in [1.54, 1.807) is 10.8 Å². The Bertz CT molecular complexity index is 1130. The Morgan fingerprint density at radius 1 is 1.11 bits per heavy atom. The summed E-state index contributed by atoms with van der Waals surface area (Å²) in [5.74, 6) is 1.62. The van der Waals surface area contributed by atoms with E-state index in [1.807, 2.05) is 58.2 Å². The lowest BCUT2D eigenvalue weighted by Gasteiger charge is -2.22. The van der Waals surface area contributed by atoms with Crippen molar-refractivity contribution in [1.82, 2.24) is 0 Å². The molecule has 2 heterocycles. The summed E-state index contributed by atoms with van der Waals surface area (Å²) in [6.45, 7) is 5.42. The fraction of sp³-hybridized carbons (Fsp3) is 0.429. The van der Waals surface area contributed by atoms with E-state index in [4.69, 9.17) is 4.74 Å². The summed E-state index contributed by atoms with van der Waals surface area (Å²) < 4.78 is 7.97. The van der Waals surface area contributed by atoms with Gasteiger partial charge in [-0.1, -0.05) is 33.7 Å². The zero-order chi connectivity index (χ0) is 25.7. The number of benzene rings is 2. The maximum Gasteiger partial charge on any atom is 0.338 e. The van der Waals surface area contributed by atoms with Crippen molar-refractivity contribution in [2.75, 3.05) is 49.8 Å². The lowest BCUT2D eigenvalue weighted by atomic mass is 9.80. The molecule has 192 valence electrons. The first kappa shape index (κ1) is 26.8. The Morgan fingerprint density at radius 2 is 1.83 bits per heavy atom. The molecule has 8 heteroatoms. The number of carbonyl (C=O) groups is 1. The van der Waals surface area contributed by atoms with Gasteiger partial charge in [0.1, 0.15) is 13.2 Å². The Morgan fingerprint density at radius 3 is 2.47 bits per heavy atom. The average Bonchev–Trinajstić information content (AvgIpc) is 3.07. The van der Waals surface area contributed by atoms with Gasteiger partial charge in [-0.2, -0.15) is 4.58 Å². The summed E-state index contributed by atoms with van der Waals surface area (Å²) in [5, 5.41) is 18.6. The quantitative estimate of drug-likeness (QED) is 0.282. The molecule has 0 aliphatic carbocycles. The molecule has 1 atom stereocenters. The monoisotopic (exact) mass is 527 g/mol. The molecular formula is C28H35N2O4S2+. The molecule has 1 saturated heterocycles. The van der Waals surface area contributed by atoms with Crippen molar-refractivity contribution in [1.29, 1.82) is 0 Å². The number of fused-ring (bicyclic) bond motifs is 1. The molecule has 4 rings (SSSR count). The van der Waals surface area contributed by atoms with E-state index in [0.717, 1.165) is 46.1 Å². The number of carbonyl (C=O) groups excluding carboxylic acids is 1. The van der Waals surface area contributed by atoms with Crippen LogP contribution in [0.4, 0.5) is 11.4 Å². The van der Waals surface area contributed by atoms with Crippen molar-refractivity contribution in [3.8, 4) is 0 Å². The molecule has 0 bridgehead atoms. The van der Waals surface area contributed by atoms with Gasteiger partial charge in [-0.25, -0.2) is 4.79 Å². The highest BCUT2D eigenvalue weighted by molar-refractivity contribution is 8.76. The third kappa shape index (κ3) is 5.83. The normalized spacial score (nSPS) is 19.0. The molecule has 0 spiro atoms. The van der Waals surface area contributed by atoms with Gasteiger partial charge in [-0.15, -0.1) is 0 Å². The Balaban J connectivity index is 1.50. The van der Waals surface area contributed by atoms with Crippen molar-refractivity contribution < 1.29 is 24.3 Å². The van der Waals surface area contributed by atoms with E-state index in [0.29, 0.717) is 18.7 Å². The van der Waals surface area contributed by atoms with Gasteiger partial charge < -0.3 is 19.8 Å². The number of allylic oxidation sites excluding steroid dienone is 1. The van der Waals surface area contributed by atoms with Gasteiger partial charge in [0.2, 0.25) is 5.69 Å². The molecule has 36 heavy (non-hydrogen) atoms. The smallest absolute Gasteiger partial charge is 0.338 e. The predicted octanol–water partition coefficient (Wildman–Crippen LogP) is 4.51. The minimum absolute atomic E-state index is 0.0107. The standard InChI is InChI=1S/C28H35N2O4S2/c1-28(2)24-18-21(27(33)34-23-12-17-35-36-19-23)7-10-25(24)29(3)26(28)11-6-20-4-8-22(9-5-20)30(13-15-31)14-16-32/h4-11,18,23,31-32H,12-17,19H2,1-3H3/q+1. The molecule has 2 N–H and O–H groups in total.